The Labute approximate surface area is 157 Å². The normalized spacial score (nSPS) is 13.3. The highest BCUT2D eigenvalue weighted by atomic mass is 14.2. The van der Waals surface area contributed by atoms with Crippen molar-refractivity contribution in [2.45, 2.75) is 6.42 Å². The Morgan fingerprint density at radius 1 is 0.481 bits per heavy atom. The van der Waals surface area contributed by atoms with Crippen LogP contribution < -0.4 is 10.4 Å². The van der Waals surface area contributed by atoms with Crippen molar-refractivity contribution in [1.82, 2.24) is 0 Å². The zero-order valence-electron chi connectivity index (χ0n) is 14.9. The van der Waals surface area contributed by atoms with Gasteiger partial charge in [0.2, 0.25) is 0 Å². The highest BCUT2D eigenvalue weighted by Gasteiger charge is 2.12. The molecule has 0 N–H and O–H groups in total. The molecule has 5 aromatic rings. The van der Waals surface area contributed by atoms with E-state index in [0.29, 0.717) is 0 Å². The van der Waals surface area contributed by atoms with Gasteiger partial charge in [-0.15, -0.1) is 0 Å². The Kier molecular flexibility index (Phi) is 3.04. The van der Waals surface area contributed by atoms with Crippen molar-refractivity contribution in [2.75, 3.05) is 0 Å². The first kappa shape index (κ1) is 14.8. The van der Waals surface area contributed by atoms with E-state index in [1.807, 2.05) is 0 Å². The Hall–Kier alpha value is -3.38. The van der Waals surface area contributed by atoms with Crippen molar-refractivity contribution in [2.24, 2.45) is 0 Å². The summed E-state index contributed by atoms with van der Waals surface area (Å²) in [6.45, 7) is 0. The number of benzene rings is 5. The molecule has 0 fully saturated rings. The predicted molar refractivity (Wildman–Crippen MR) is 116 cm³/mol. The fourth-order valence-electron chi connectivity index (χ4n) is 4.64. The van der Waals surface area contributed by atoms with Crippen LogP contribution in [0.3, 0.4) is 0 Å². The number of hydrogen-bond acceptors (Lipinski definition) is 0. The quantitative estimate of drug-likeness (QED) is 0.351. The molecule has 1 aliphatic rings. The summed E-state index contributed by atoms with van der Waals surface area (Å²) in [4.78, 5) is 0. The molecule has 0 aliphatic heterocycles. The standard InChI is InChI=1S/C27H18/c1-2-8-20-18(7-1)13-15-21(20)19-14-16-26-24-11-4-3-9-22(24)23-10-5-6-12-25(23)27(26)17-19/h1-14,16-17H,15H2. The van der Waals surface area contributed by atoms with Crippen LogP contribution in [0.2, 0.25) is 0 Å². The molecule has 0 radical (unpaired) electrons. The van der Waals surface area contributed by atoms with Gasteiger partial charge < -0.3 is 0 Å². The van der Waals surface area contributed by atoms with Gasteiger partial charge in [-0.25, -0.2) is 0 Å². The molecule has 126 valence electrons. The maximum Gasteiger partial charge on any atom is -0.00761 e. The zero-order valence-corrected chi connectivity index (χ0v) is 14.9. The third-order valence-electron chi connectivity index (χ3n) is 5.90. The van der Waals surface area contributed by atoms with E-state index in [-0.39, 0.29) is 0 Å². The Morgan fingerprint density at radius 2 is 1.04 bits per heavy atom. The molecule has 0 unspecified atom stereocenters. The molecular weight excluding hydrogens is 324 g/mol. The average molecular weight is 342 g/mol. The molecule has 0 spiro atoms. The summed E-state index contributed by atoms with van der Waals surface area (Å²) in [6.07, 6.45) is 3.35. The second-order valence-electron chi connectivity index (χ2n) is 7.33. The van der Waals surface area contributed by atoms with E-state index < -0.39 is 0 Å². The molecule has 0 heterocycles. The maximum absolute atomic E-state index is 2.40. The van der Waals surface area contributed by atoms with E-state index in [4.69, 9.17) is 0 Å². The smallest absolute Gasteiger partial charge is 0.00761 e. The summed E-state index contributed by atoms with van der Waals surface area (Å²) in [5.74, 6) is 0. The summed E-state index contributed by atoms with van der Waals surface area (Å²) < 4.78 is 0. The number of rotatable bonds is 1. The van der Waals surface area contributed by atoms with E-state index in [1.165, 1.54) is 53.9 Å². The number of fused-ring (bicyclic) bond motifs is 7. The second-order valence-corrected chi connectivity index (χ2v) is 7.33. The van der Waals surface area contributed by atoms with Gasteiger partial charge in [0.1, 0.15) is 0 Å². The van der Waals surface area contributed by atoms with Crippen molar-refractivity contribution in [3.05, 3.63) is 107 Å². The van der Waals surface area contributed by atoms with Gasteiger partial charge in [-0.1, -0.05) is 91.0 Å². The summed E-state index contributed by atoms with van der Waals surface area (Å²) in [5.41, 5.74) is 2.77. The van der Waals surface area contributed by atoms with E-state index in [1.54, 1.807) is 0 Å². The third-order valence-corrected chi connectivity index (χ3v) is 5.90. The van der Waals surface area contributed by atoms with Crippen LogP contribution in [0.15, 0.2) is 91.0 Å². The highest BCUT2D eigenvalue weighted by Crippen LogP contribution is 2.36. The zero-order chi connectivity index (χ0) is 17.8. The molecule has 27 heavy (non-hydrogen) atoms. The second kappa shape index (κ2) is 5.56. The Bertz CT molecular complexity index is 1450. The van der Waals surface area contributed by atoms with Gasteiger partial charge >= 0.3 is 0 Å². The monoisotopic (exact) mass is 342 g/mol. The van der Waals surface area contributed by atoms with Gasteiger partial charge in [-0.05, 0) is 66.4 Å². The predicted octanol–water partition coefficient (Wildman–Crippen LogP) is 5.53. The molecule has 6 rings (SSSR count). The molecule has 5 aromatic carbocycles. The van der Waals surface area contributed by atoms with Gasteiger partial charge in [0.25, 0.3) is 0 Å². The van der Waals surface area contributed by atoms with Crippen LogP contribution in [0.4, 0.5) is 0 Å². The molecule has 0 atom stereocenters. The third kappa shape index (κ3) is 2.10. The van der Waals surface area contributed by atoms with Crippen LogP contribution in [0, 0.1) is 0 Å². The molecular formula is C27H18. The highest BCUT2D eigenvalue weighted by molar-refractivity contribution is 6.25. The molecule has 0 amide bonds. The summed E-state index contributed by atoms with van der Waals surface area (Å²) in [7, 11) is 0. The average Bonchev–Trinajstić information content (AvgIpc) is 3.18. The molecule has 0 saturated carbocycles. The van der Waals surface area contributed by atoms with Gasteiger partial charge in [-0.2, -0.15) is 0 Å². The largest absolute Gasteiger partial charge is 0.0722 e. The number of hydrogen-bond donors (Lipinski definition) is 0. The van der Waals surface area contributed by atoms with Crippen molar-refractivity contribution >= 4 is 44.0 Å². The van der Waals surface area contributed by atoms with Gasteiger partial charge in [0, 0.05) is 0 Å². The van der Waals surface area contributed by atoms with E-state index in [2.05, 4.69) is 97.1 Å². The molecule has 0 saturated heterocycles. The van der Waals surface area contributed by atoms with Gasteiger partial charge in [-0.3, -0.25) is 0 Å². The van der Waals surface area contributed by atoms with Gasteiger partial charge in [0.05, 0.1) is 0 Å². The lowest BCUT2D eigenvalue weighted by Gasteiger charge is -2.12. The first-order valence-corrected chi connectivity index (χ1v) is 9.52. The van der Waals surface area contributed by atoms with Crippen molar-refractivity contribution in [3.8, 4) is 0 Å². The van der Waals surface area contributed by atoms with Crippen LogP contribution in [-0.4, -0.2) is 0 Å². The topological polar surface area (TPSA) is 0 Å². The van der Waals surface area contributed by atoms with Crippen LogP contribution in [0.5, 0.6) is 0 Å². The fraction of sp³-hybridized carbons (Fsp3) is 0.0370. The minimum absolute atomic E-state index is 1.01. The molecule has 0 aromatic heterocycles. The summed E-state index contributed by atoms with van der Waals surface area (Å²) in [6, 6.07) is 33.3. The lowest BCUT2D eigenvalue weighted by molar-refractivity contribution is 1.47. The van der Waals surface area contributed by atoms with E-state index in [0.717, 1.165) is 6.42 Å². The molecule has 0 heteroatoms. The lowest BCUT2D eigenvalue weighted by Crippen LogP contribution is -2.21. The van der Waals surface area contributed by atoms with Crippen LogP contribution in [0.1, 0.15) is 12.0 Å². The van der Waals surface area contributed by atoms with Crippen molar-refractivity contribution in [1.29, 1.82) is 0 Å². The van der Waals surface area contributed by atoms with Crippen molar-refractivity contribution in [3.63, 3.8) is 0 Å². The van der Waals surface area contributed by atoms with E-state index >= 15 is 0 Å². The van der Waals surface area contributed by atoms with Crippen LogP contribution >= 0.6 is 0 Å². The first-order valence-electron chi connectivity index (χ1n) is 9.52. The van der Waals surface area contributed by atoms with Crippen LogP contribution in [0.25, 0.3) is 44.0 Å². The van der Waals surface area contributed by atoms with E-state index in [9.17, 15) is 0 Å². The minimum atomic E-state index is 1.01. The molecule has 0 nitrogen and oxygen atoms in total. The summed E-state index contributed by atoms with van der Waals surface area (Å²) in [5, 5.41) is 10.8. The lowest BCUT2D eigenvalue weighted by atomic mass is 9.91. The minimum Gasteiger partial charge on any atom is -0.0722 e. The molecule has 0 bridgehead atoms. The first-order chi connectivity index (χ1) is 13.4. The Morgan fingerprint density at radius 3 is 1.74 bits per heavy atom. The summed E-state index contributed by atoms with van der Waals surface area (Å²) >= 11 is 0. The van der Waals surface area contributed by atoms with Gasteiger partial charge in [0.15, 0.2) is 0 Å². The maximum atomic E-state index is 2.40. The Balaban J connectivity index is 1.77. The molecule has 1 aliphatic carbocycles. The SMILES string of the molecule is C1=c2ccccc2=C(c2ccc3c4ccccc4c4ccccc4c3c2)C1. The van der Waals surface area contributed by atoms with Crippen LogP contribution in [-0.2, 0) is 0 Å². The van der Waals surface area contributed by atoms with Crippen molar-refractivity contribution < 1.29 is 0 Å². The fourth-order valence-corrected chi connectivity index (χ4v) is 4.64.